The molecule has 1 N–H and O–H groups in total. The second kappa shape index (κ2) is 5.95. The van der Waals surface area contributed by atoms with E-state index in [4.69, 9.17) is 9.84 Å². The Bertz CT molecular complexity index is 459. The number of nitrogens with zero attached hydrogens (tertiary/aromatic N) is 2. The van der Waals surface area contributed by atoms with Crippen LogP contribution in [0.25, 0.3) is 0 Å². The van der Waals surface area contributed by atoms with Crippen molar-refractivity contribution >= 4 is 11.7 Å². The molecule has 7 nitrogen and oxygen atoms in total. The fourth-order valence-corrected chi connectivity index (χ4v) is 1.19. The Morgan fingerprint density at radius 3 is 2.78 bits per heavy atom. The van der Waals surface area contributed by atoms with Crippen molar-refractivity contribution in [1.82, 2.24) is 4.98 Å². The van der Waals surface area contributed by atoms with Gasteiger partial charge in [-0.25, -0.2) is 9.78 Å². The quantitative estimate of drug-likeness (QED) is 0.616. The molecule has 0 bridgehead atoms. The molecule has 0 aliphatic heterocycles. The summed E-state index contributed by atoms with van der Waals surface area (Å²) in [4.78, 5) is 24.4. The molecule has 0 saturated carbocycles. The van der Waals surface area contributed by atoms with Gasteiger partial charge in [0, 0.05) is 12.3 Å². The smallest absolute Gasteiger partial charge is 0.337 e. The van der Waals surface area contributed by atoms with E-state index in [1.54, 1.807) is 0 Å². The summed E-state index contributed by atoms with van der Waals surface area (Å²) in [6, 6.07) is 0.944. The summed E-state index contributed by atoms with van der Waals surface area (Å²) in [5, 5.41) is 19.5. The van der Waals surface area contributed by atoms with E-state index >= 15 is 0 Å². The van der Waals surface area contributed by atoms with Gasteiger partial charge in [0.2, 0.25) is 0 Å². The molecule has 1 aromatic rings. The number of carbonyl (C=O) groups is 1. The van der Waals surface area contributed by atoms with E-state index in [1.807, 2.05) is 13.8 Å². The number of ether oxygens (including phenoxy) is 1. The summed E-state index contributed by atoms with van der Waals surface area (Å²) >= 11 is 0. The fraction of sp³-hybridized carbons (Fsp3) is 0.455. The Morgan fingerprint density at radius 1 is 1.61 bits per heavy atom. The Hall–Kier alpha value is -2.18. The Labute approximate surface area is 104 Å². The van der Waals surface area contributed by atoms with Crippen molar-refractivity contribution in [3.63, 3.8) is 0 Å². The van der Waals surface area contributed by atoms with E-state index in [0.29, 0.717) is 12.5 Å². The largest absolute Gasteiger partial charge is 0.478 e. The van der Waals surface area contributed by atoms with Crippen molar-refractivity contribution in [3.8, 4) is 5.88 Å². The van der Waals surface area contributed by atoms with Crippen molar-refractivity contribution in [2.24, 2.45) is 5.92 Å². The number of nitro groups is 1. The Balaban J connectivity index is 2.90. The minimum atomic E-state index is -1.26. The zero-order valence-electron chi connectivity index (χ0n) is 10.1. The summed E-state index contributed by atoms with van der Waals surface area (Å²) in [6.07, 6.45) is 1.78. The Kier molecular flexibility index (Phi) is 4.59. The van der Waals surface area contributed by atoms with Gasteiger partial charge < -0.3 is 9.84 Å². The molecular formula is C11H14N2O5. The standard InChI is InChI=1S/C11H14N2O5/c1-7(2)3-4-18-10-9(13(16)17)5-8(6-12-10)11(14)15/h5-7H,3-4H2,1-2H3,(H,14,15). The van der Waals surface area contributed by atoms with Gasteiger partial charge in [0.15, 0.2) is 0 Å². The number of aromatic carboxylic acids is 1. The van der Waals surface area contributed by atoms with Crippen LogP contribution in [-0.2, 0) is 0 Å². The first-order chi connectivity index (χ1) is 8.41. The second-order valence-electron chi connectivity index (χ2n) is 4.14. The third-order valence-electron chi connectivity index (χ3n) is 2.21. The van der Waals surface area contributed by atoms with Gasteiger partial charge in [-0.3, -0.25) is 10.1 Å². The highest BCUT2D eigenvalue weighted by molar-refractivity contribution is 5.88. The molecular weight excluding hydrogens is 240 g/mol. The van der Waals surface area contributed by atoms with Crippen LogP contribution < -0.4 is 4.74 Å². The zero-order valence-corrected chi connectivity index (χ0v) is 10.1. The van der Waals surface area contributed by atoms with Gasteiger partial charge in [-0.1, -0.05) is 13.8 Å². The Morgan fingerprint density at radius 2 is 2.28 bits per heavy atom. The first kappa shape index (κ1) is 13.9. The molecule has 7 heteroatoms. The van der Waals surface area contributed by atoms with Crippen LogP contribution in [-0.4, -0.2) is 27.6 Å². The molecule has 0 aliphatic carbocycles. The summed E-state index contributed by atoms with van der Waals surface area (Å²) in [5.41, 5.74) is -0.670. The maximum Gasteiger partial charge on any atom is 0.337 e. The van der Waals surface area contributed by atoms with E-state index in [2.05, 4.69) is 4.98 Å². The zero-order chi connectivity index (χ0) is 13.7. The number of hydrogen-bond donors (Lipinski definition) is 1. The van der Waals surface area contributed by atoms with Crippen LogP contribution in [0.1, 0.15) is 30.6 Å². The maximum absolute atomic E-state index is 10.8. The molecule has 0 unspecified atom stereocenters. The number of carboxylic acid groups (broad SMARTS) is 1. The lowest BCUT2D eigenvalue weighted by Gasteiger charge is -2.07. The van der Waals surface area contributed by atoms with Crippen LogP contribution in [0.15, 0.2) is 12.3 Å². The minimum absolute atomic E-state index is 0.148. The highest BCUT2D eigenvalue weighted by atomic mass is 16.6. The normalized spacial score (nSPS) is 10.4. The number of carboxylic acids is 1. The predicted octanol–water partition coefficient (Wildman–Crippen LogP) is 2.11. The first-order valence-corrected chi connectivity index (χ1v) is 5.42. The predicted molar refractivity (Wildman–Crippen MR) is 62.8 cm³/mol. The van der Waals surface area contributed by atoms with Crippen LogP contribution in [0.3, 0.4) is 0 Å². The van der Waals surface area contributed by atoms with Gasteiger partial charge in [-0.05, 0) is 12.3 Å². The highest BCUT2D eigenvalue weighted by Crippen LogP contribution is 2.25. The van der Waals surface area contributed by atoms with Crippen LogP contribution in [0, 0.1) is 16.0 Å². The molecule has 0 atom stereocenters. The highest BCUT2D eigenvalue weighted by Gasteiger charge is 2.20. The molecule has 0 saturated heterocycles. The van der Waals surface area contributed by atoms with Crippen LogP contribution in [0.5, 0.6) is 5.88 Å². The van der Waals surface area contributed by atoms with Gasteiger partial charge in [0.1, 0.15) is 0 Å². The van der Waals surface area contributed by atoms with Gasteiger partial charge in [0.05, 0.1) is 17.1 Å². The van der Waals surface area contributed by atoms with E-state index in [0.717, 1.165) is 18.7 Å². The molecule has 0 radical (unpaired) electrons. The van der Waals surface area contributed by atoms with Crippen molar-refractivity contribution in [2.75, 3.05) is 6.61 Å². The summed E-state index contributed by atoms with van der Waals surface area (Å²) in [6.45, 7) is 4.30. The molecule has 0 aliphatic rings. The lowest BCUT2D eigenvalue weighted by Crippen LogP contribution is -2.07. The number of aromatic nitrogens is 1. The van der Waals surface area contributed by atoms with E-state index in [-0.39, 0.29) is 11.4 Å². The molecule has 1 heterocycles. The fourth-order valence-electron chi connectivity index (χ4n) is 1.19. The molecule has 18 heavy (non-hydrogen) atoms. The van der Waals surface area contributed by atoms with Crippen molar-refractivity contribution in [3.05, 3.63) is 27.9 Å². The molecule has 0 spiro atoms. The van der Waals surface area contributed by atoms with Crippen LogP contribution in [0.2, 0.25) is 0 Å². The van der Waals surface area contributed by atoms with Crippen molar-refractivity contribution in [1.29, 1.82) is 0 Å². The number of rotatable bonds is 6. The number of hydrogen-bond acceptors (Lipinski definition) is 5. The summed E-state index contributed by atoms with van der Waals surface area (Å²) in [7, 11) is 0. The maximum atomic E-state index is 10.8. The topological polar surface area (TPSA) is 103 Å². The average molecular weight is 254 g/mol. The summed E-state index contributed by atoms with van der Waals surface area (Å²) in [5.74, 6) is -1.01. The van der Waals surface area contributed by atoms with E-state index in [9.17, 15) is 14.9 Å². The molecule has 98 valence electrons. The molecule has 1 rings (SSSR count). The molecule has 1 aromatic heterocycles. The van der Waals surface area contributed by atoms with E-state index < -0.39 is 16.6 Å². The first-order valence-electron chi connectivity index (χ1n) is 5.42. The van der Waals surface area contributed by atoms with E-state index in [1.165, 1.54) is 0 Å². The SMILES string of the molecule is CC(C)CCOc1ncc(C(=O)O)cc1[N+](=O)[O-]. The summed E-state index contributed by atoms with van der Waals surface area (Å²) < 4.78 is 5.20. The lowest BCUT2D eigenvalue weighted by molar-refractivity contribution is -0.386. The number of pyridine rings is 1. The van der Waals surface area contributed by atoms with Gasteiger partial charge >= 0.3 is 11.7 Å². The minimum Gasteiger partial charge on any atom is -0.478 e. The van der Waals surface area contributed by atoms with Crippen molar-refractivity contribution in [2.45, 2.75) is 20.3 Å². The lowest BCUT2D eigenvalue weighted by atomic mass is 10.1. The van der Waals surface area contributed by atoms with Gasteiger partial charge in [-0.15, -0.1) is 0 Å². The monoisotopic (exact) mass is 254 g/mol. The van der Waals surface area contributed by atoms with Crippen LogP contribution in [0.4, 0.5) is 5.69 Å². The molecule has 0 aromatic carbocycles. The molecule has 0 amide bonds. The van der Waals surface area contributed by atoms with Crippen LogP contribution >= 0.6 is 0 Å². The van der Waals surface area contributed by atoms with Gasteiger partial charge in [0.25, 0.3) is 5.88 Å². The van der Waals surface area contributed by atoms with Crippen molar-refractivity contribution < 1.29 is 19.6 Å². The second-order valence-corrected chi connectivity index (χ2v) is 4.14. The van der Waals surface area contributed by atoms with Gasteiger partial charge in [-0.2, -0.15) is 0 Å². The third-order valence-corrected chi connectivity index (χ3v) is 2.21. The average Bonchev–Trinajstić information content (AvgIpc) is 2.28. The third kappa shape index (κ3) is 3.69. The molecule has 0 fully saturated rings.